The van der Waals surface area contributed by atoms with Crippen LogP contribution in [0, 0.1) is 5.82 Å². The predicted octanol–water partition coefficient (Wildman–Crippen LogP) is 7.05. The number of ether oxygens (including phenoxy) is 2. The Labute approximate surface area is 190 Å². The van der Waals surface area contributed by atoms with Gasteiger partial charge in [-0.25, -0.2) is 4.39 Å². The molecule has 1 N–H and O–H groups in total. The first-order valence-electron chi connectivity index (χ1n) is 9.44. The lowest BCUT2D eigenvalue weighted by molar-refractivity contribution is 0.269. The van der Waals surface area contributed by atoms with E-state index in [9.17, 15) is 4.39 Å². The molecule has 0 aliphatic heterocycles. The van der Waals surface area contributed by atoms with Crippen LogP contribution >= 0.6 is 34.8 Å². The summed E-state index contributed by atoms with van der Waals surface area (Å²) >= 11 is 18.9. The molecular formula is C23H21Cl3FNO2. The van der Waals surface area contributed by atoms with Crippen LogP contribution in [-0.2, 0) is 19.7 Å². The summed E-state index contributed by atoms with van der Waals surface area (Å²) in [4.78, 5) is 0. The Balaban J connectivity index is 1.70. The number of hydrogen-bond acceptors (Lipinski definition) is 3. The van der Waals surface area contributed by atoms with E-state index >= 15 is 0 Å². The average molecular weight is 469 g/mol. The molecule has 0 bridgehead atoms. The summed E-state index contributed by atoms with van der Waals surface area (Å²) < 4.78 is 24.7. The van der Waals surface area contributed by atoms with Crippen LogP contribution < -0.4 is 14.8 Å². The molecule has 0 aliphatic rings. The maximum Gasteiger partial charge on any atom is 0.163 e. The van der Waals surface area contributed by atoms with Crippen LogP contribution in [0.5, 0.6) is 11.5 Å². The zero-order valence-corrected chi connectivity index (χ0v) is 18.6. The van der Waals surface area contributed by atoms with E-state index in [4.69, 9.17) is 44.3 Å². The van der Waals surface area contributed by atoms with Gasteiger partial charge in [0.05, 0.1) is 6.61 Å². The molecule has 158 valence electrons. The molecule has 0 amide bonds. The van der Waals surface area contributed by atoms with Gasteiger partial charge in [0.25, 0.3) is 0 Å². The maximum atomic E-state index is 13.0. The minimum atomic E-state index is -0.253. The second kappa shape index (κ2) is 10.9. The van der Waals surface area contributed by atoms with Crippen molar-refractivity contribution in [2.75, 3.05) is 6.61 Å². The summed E-state index contributed by atoms with van der Waals surface area (Å²) in [5.74, 6) is 0.848. The average Bonchev–Trinajstić information content (AvgIpc) is 2.72. The maximum absolute atomic E-state index is 13.0. The highest BCUT2D eigenvalue weighted by Crippen LogP contribution is 2.35. The van der Waals surface area contributed by atoms with E-state index in [1.165, 1.54) is 12.1 Å². The minimum absolute atomic E-state index is 0.192. The van der Waals surface area contributed by atoms with Crippen molar-refractivity contribution >= 4 is 34.8 Å². The molecule has 0 saturated carbocycles. The summed E-state index contributed by atoms with van der Waals surface area (Å²) in [7, 11) is 0. The third kappa shape index (κ3) is 6.02. The predicted molar refractivity (Wildman–Crippen MR) is 120 cm³/mol. The third-order valence-electron chi connectivity index (χ3n) is 4.40. The van der Waals surface area contributed by atoms with Crippen molar-refractivity contribution in [3.05, 3.63) is 92.2 Å². The number of benzene rings is 3. The first-order chi connectivity index (χ1) is 14.5. The fraction of sp³-hybridized carbons (Fsp3) is 0.217. The van der Waals surface area contributed by atoms with Crippen molar-refractivity contribution in [3.63, 3.8) is 0 Å². The molecule has 0 radical (unpaired) electrons. The molecule has 3 nitrogen and oxygen atoms in total. The van der Waals surface area contributed by atoms with Gasteiger partial charge in [-0.2, -0.15) is 0 Å². The first kappa shape index (κ1) is 22.7. The quantitative estimate of drug-likeness (QED) is 0.365. The monoisotopic (exact) mass is 467 g/mol. The van der Waals surface area contributed by atoms with Crippen LogP contribution in [-0.4, -0.2) is 6.61 Å². The van der Waals surface area contributed by atoms with E-state index in [-0.39, 0.29) is 12.4 Å². The SMILES string of the molecule is CCOc1cc(CNCc2ccc(F)cc2)c(Cl)cc1OCc1c(Cl)cccc1Cl. The molecular weight excluding hydrogens is 448 g/mol. The topological polar surface area (TPSA) is 30.5 Å². The second-order valence-electron chi connectivity index (χ2n) is 6.54. The van der Waals surface area contributed by atoms with Crippen LogP contribution in [0.4, 0.5) is 4.39 Å². The van der Waals surface area contributed by atoms with E-state index in [1.54, 1.807) is 36.4 Å². The van der Waals surface area contributed by atoms with E-state index in [1.807, 2.05) is 13.0 Å². The van der Waals surface area contributed by atoms with Crippen LogP contribution in [0.15, 0.2) is 54.6 Å². The molecule has 0 spiro atoms. The highest BCUT2D eigenvalue weighted by atomic mass is 35.5. The Morgan fingerprint density at radius 3 is 2.17 bits per heavy atom. The number of halogens is 4. The van der Waals surface area contributed by atoms with Crippen molar-refractivity contribution in [1.82, 2.24) is 5.32 Å². The molecule has 3 aromatic rings. The largest absolute Gasteiger partial charge is 0.490 e. The normalized spacial score (nSPS) is 10.8. The highest BCUT2D eigenvalue weighted by molar-refractivity contribution is 6.36. The van der Waals surface area contributed by atoms with Crippen molar-refractivity contribution < 1.29 is 13.9 Å². The third-order valence-corrected chi connectivity index (χ3v) is 5.46. The van der Waals surface area contributed by atoms with Gasteiger partial charge in [-0.05, 0) is 48.4 Å². The first-order valence-corrected chi connectivity index (χ1v) is 10.6. The zero-order chi connectivity index (χ0) is 21.5. The second-order valence-corrected chi connectivity index (χ2v) is 7.76. The zero-order valence-electron chi connectivity index (χ0n) is 16.4. The standard InChI is InChI=1S/C23H21Cl3FNO2/c1-2-29-22-10-16(13-28-12-15-6-8-17(27)9-7-15)21(26)11-23(22)30-14-18-19(24)4-3-5-20(18)25/h3-11,28H,2,12-14H2,1H3. The Hall–Kier alpha value is -1.98. The molecule has 7 heteroatoms. The molecule has 3 rings (SSSR count). The van der Waals surface area contributed by atoms with E-state index < -0.39 is 0 Å². The lowest BCUT2D eigenvalue weighted by Gasteiger charge is -2.16. The van der Waals surface area contributed by atoms with Crippen molar-refractivity contribution in [3.8, 4) is 11.5 Å². The van der Waals surface area contributed by atoms with Gasteiger partial charge in [-0.1, -0.05) is 53.0 Å². The van der Waals surface area contributed by atoms with Gasteiger partial charge in [0.15, 0.2) is 11.5 Å². The van der Waals surface area contributed by atoms with Gasteiger partial charge in [-0.3, -0.25) is 0 Å². The Bertz CT molecular complexity index is 976. The molecule has 0 unspecified atom stereocenters. The lowest BCUT2D eigenvalue weighted by atomic mass is 10.1. The fourth-order valence-electron chi connectivity index (χ4n) is 2.86. The Morgan fingerprint density at radius 1 is 0.833 bits per heavy atom. The summed E-state index contributed by atoms with van der Waals surface area (Å²) in [6, 6.07) is 15.3. The van der Waals surface area contributed by atoms with Gasteiger partial charge in [0.1, 0.15) is 12.4 Å². The van der Waals surface area contributed by atoms with E-state index in [0.717, 1.165) is 11.1 Å². The van der Waals surface area contributed by atoms with Gasteiger partial charge >= 0.3 is 0 Å². The molecule has 0 saturated heterocycles. The summed E-state index contributed by atoms with van der Waals surface area (Å²) in [5.41, 5.74) is 2.55. The lowest BCUT2D eigenvalue weighted by Crippen LogP contribution is -2.13. The smallest absolute Gasteiger partial charge is 0.163 e. The molecule has 0 aromatic heterocycles. The van der Waals surface area contributed by atoms with Crippen molar-refractivity contribution in [2.24, 2.45) is 0 Å². The van der Waals surface area contributed by atoms with E-state index in [0.29, 0.717) is 51.8 Å². The van der Waals surface area contributed by atoms with Crippen LogP contribution in [0.1, 0.15) is 23.6 Å². The summed E-state index contributed by atoms with van der Waals surface area (Å²) in [5, 5.41) is 4.92. The highest BCUT2D eigenvalue weighted by Gasteiger charge is 2.13. The van der Waals surface area contributed by atoms with Crippen LogP contribution in [0.2, 0.25) is 15.1 Å². The van der Waals surface area contributed by atoms with Gasteiger partial charge in [0, 0.05) is 39.8 Å². The van der Waals surface area contributed by atoms with Crippen molar-refractivity contribution in [2.45, 2.75) is 26.6 Å². The van der Waals surface area contributed by atoms with Crippen LogP contribution in [0.3, 0.4) is 0 Å². The van der Waals surface area contributed by atoms with Gasteiger partial charge < -0.3 is 14.8 Å². The molecule has 3 aromatic carbocycles. The Kier molecular flexibility index (Phi) is 8.23. The number of hydrogen-bond donors (Lipinski definition) is 1. The van der Waals surface area contributed by atoms with Gasteiger partial charge in [0.2, 0.25) is 0 Å². The molecule has 0 aliphatic carbocycles. The van der Waals surface area contributed by atoms with Crippen LogP contribution in [0.25, 0.3) is 0 Å². The molecule has 0 atom stereocenters. The summed E-state index contributed by atoms with van der Waals surface area (Å²) in [6.07, 6.45) is 0. The molecule has 30 heavy (non-hydrogen) atoms. The minimum Gasteiger partial charge on any atom is -0.490 e. The molecule has 0 fully saturated rings. The van der Waals surface area contributed by atoms with E-state index in [2.05, 4.69) is 5.32 Å². The molecule has 0 heterocycles. The fourth-order valence-corrected chi connectivity index (χ4v) is 3.58. The Morgan fingerprint density at radius 2 is 1.50 bits per heavy atom. The van der Waals surface area contributed by atoms with Crippen molar-refractivity contribution in [1.29, 1.82) is 0 Å². The summed E-state index contributed by atoms with van der Waals surface area (Å²) in [6.45, 7) is 3.68. The number of rotatable bonds is 9. The van der Waals surface area contributed by atoms with Gasteiger partial charge in [-0.15, -0.1) is 0 Å². The number of nitrogens with one attached hydrogen (secondary N) is 1.